The molecule has 34 heavy (non-hydrogen) atoms. The minimum atomic E-state index is 0.0639. The van der Waals surface area contributed by atoms with E-state index in [0.29, 0.717) is 17.5 Å². The summed E-state index contributed by atoms with van der Waals surface area (Å²) in [5.41, 5.74) is 5.17. The van der Waals surface area contributed by atoms with Gasteiger partial charge in [-0.05, 0) is 48.3 Å². The van der Waals surface area contributed by atoms with Crippen molar-refractivity contribution in [3.63, 3.8) is 0 Å². The second-order valence-electron chi connectivity index (χ2n) is 10.3. The number of hydrogen-bond donors (Lipinski definition) is 1. The summed E-state index contributed by atoms with van der Waals surface area (Å²) < 4.78 is 7.30. The number of benzene rings is 1. The van der Waals surface area contributed by atoms with Gasteiger partial charge in [0, 0.05) is 32.2 Å². The quantitative estimate of drug-likeness (QED) is 0.463. The summed E-state index contributed by atoms with van der Waals surface area (Å²) in [5.74, 6) is 2.73. The normalized spacial score (nSPS) is 15.3. The molecule has 178 valence electrons. The van der Waals surface area contributed by atoms with Gasteiger partial charge in [0.15, 0.2) is 11.5 Å². The fourth-order valence-corrected chi connectivity index (χ4v) is 4.49. The van der Waals surface area contributed by atoms with Gasteiger partial charge in [-0.2, -0.15) is 9.97 Å². The van der Waals surface area contributed by atoms with Crippen LogP contribution in [0, 0.1) is 12.8 Å². The van der Waals surface area contributed by atoms with E-state index < -0.39 is 0 Å². The van der Waals surface area contributed by atoms with Crippen LogP contribution in [0.4, 0.5) is 17.5 Å². The second kappa shape index (κ2) is 8.70. The van der Waals surface area contributed by atoms with E-state index in [9.17, 15) is 0 Å². The van der Waals surface area contributed by atoms with E-state index in [0.717, 1.165) is 55.3 Å². The molecule has 1 aliphatic heterocycles. The summed E-state index contributed by atoms with van der Waals surface area (Å²) in [7, 11) is 1.98. The van der Waals surface area contributed by atoms with Gasteiger partial charge in [0.25, 0.3) is 0 Å². The highest BCUT2D eigenvalue weighted by Gasteiger charge is 2.25. The van der Waals surface area contributed by atoms with E-state index in [1.54, 1.807) is 6.33 Å². The Labute approximate surface area is 199 Å². The maximum atomic E-state index is 5.33. The zero-order valence-electron chi connectivity index (χ0n) is 20.5. The Morgan fingerprint density at radius 2 is 1.94 bits per heavy atom. The van der Waals surface area contributed by atoms with Gasteiger partial charge in [0.1, 0.15) is 5.52 Å². The molecule has 1 saturated heterocycles. The molecule has 1 aromatic carbocycles. The standard InChI is InChI=1S/C25H32N8O/c1-16-6-7-18(25(2,3)4)13-19(16)28-23-21-22(26-14-32(21)5)29-24(30-23)33-10-8-17(9-11-33)12-20-31-27-15-34-20/h6-7,13-15,17H,8-12H2,1-5H3,(H,28,29,30). The van der Waals surface area contributed by atoms with Crippen LogP contribution in [0.1, 0.15) is 50.6 Å². The summed E-state index contributed by atoms with van der Waals surface area (Å²) >= 11 is 0. The maximum Gasteiger partial charge on any atom is 0.229 e. The second-order valence-corrected chi connectivity index (χ2v) is 10.3. The molecule has 4 heterocycles. The van der Waals surface area contributed by atoms with Crippen molar-refractivity contribution in [2.45, 2.75) is 52.4 Å². The molecule has 3 aromatic heterocycles. The third-order valence-electron chi connectivity index (χ3n) is 6.68. The van der Waals surface area contributed by atoms with E-state index in [1.807, 2.05) is 11.6 Å². The van der Waals surface area contributed by atoms with Gasteiger partial charge in [-0.3, -0.25) is 0 Å². The van der Waals surface area contributed by atoms with Crippen LogP contribution in [0.25, 0.3) is 11.2 Å². The van der Waals surface area contributed by atoms with Gasteiger partial charge >= 0.3 is 0 Å². The summed E-state index contributed by atoms with van der Waals surface area (Å²) in [6, 6.07) is 6.59. The largest absolute Gasteiger partial charge is 0.428 e. The van der Waals surface area contributed by atoms with Crippen molar-refractivity contribution in [1.29, 1.82) is 0 Å². The minimum absolute atomic E-state index is 0.0639. The Morgan fingerprint density at radius 3 is 2.65 bits per heavy atom. The van der Waals surface area contributed by atoms with E-state index in [-0.39, 0.29) is 5.41 Å². The first kappa shape index (κ1) is 22.3. The average Bonchev–Trinajstić information content (AvgIpc) is 3.45. The molecule has 9 nitrogen and oxygen atoms in total. The zero-order valence-corrected chi connectivity index (χ0v) is 20.5. The number of fused-ring (bicyclic) bond motifs is 1. The summed E-state index contributed by atoms with van der Waals surface area (Å²) in [6.07, 6.45) is 6.07. The predicted octanol–water partition coefficient (Wildman–Crippen LogP) is 4.55. The van der Waals surface area contributed by atoms with Crippen LogP contribution in [0.2, 0.25) is 0 Å². The number of imidazole rings is 1. The zero-order chi connectivity index (χ0) is 23.9. The highest BCUT2D eigenvalue weighted by atomic mass is 16.4. The first-order valence-electron chi connectivity index (χ1n) is 11.8. The lowest BCUT2D eigenvalue weighted by Crippen LogP contribution is -2.35. The lowest BCUT2D eigenvalue weighted by atomic mass is 9.86. The number of rotatable bonds is 5. The van der Waals surface area contributed by atoms with Crippen molar-refractivity contribution >= 4 is 28.6 Å². The molecule has 0 radical (unpaired) electrons. The van der Waals surface area contributed by atoms with Crippen molar-refractivity contribution in [1.82, 2.24) is 29.7 Å². The van der Waals surface area contributed by atoms with Crippen molar-refractivity contribution in [2.24, 2.45) is 13.0 Å². The monoisotopic (exact) mass is 460 g/mol. The number of nitrogens with one attached hydrogen (secondary N) is 1. The first-order chi connectivity index (χ1) is 16.3. The summed E-state index contributed by atoms with van der Waals surface area (Å²) in [6.45, 7) is 10.6. The van der Waals surface area contributed by atoms with Gasteiger partial charge < -0.3 is 19.2 Å². The molecule has 0 spiro atoms. The Balaban J connectivity index is 1.42. The molecule has 9 heteroatoms. The highest BCUT2D eigenvalue weighted by molar-refractivity contribution is 5.87. The minimum Gasteiger partial charge on any atom is -0.428 e. The molecule has 0 atom stereocenters. The van der Waals surface area contributed by atoms with Crippen molar-refractivity contribution in [3.05, 3.63) is 47.9 Å². The Morgan fingerprint density at radius 1 is 1.15 bits per heavy atom. The molecule has 0 saturated carbocycles. The third-order valence-corrected chi connectivity index (χ3v) is 6.68. The molecular weight excluding hydrogens is 428 g/mol. The molecule has 0 bridgehead atoms. The SMILES string of the molecule is Cc1ccc(C(C)(C)C)cc1Nc1nc(N2CCC(Cc3nnco3)CC2)nc2ncn(C)c12. The van der Waals surface area contributed by atoms with Crippen LogP contribution >= 0.6 is 0 Å². The lowest BCUT2D eigenvalue weighted by Gasteiger charge is -2.31. The van der Waals surface area contributed by atoms with Crippen molar-refractivity contribution in [2.75, 3.05) is 23.3 Å². The number of aromatic nitrogens is 6. The molecule has 1 fully saturated rings. The molecule has 0 amide bonds. The van der Waals surface area contributed by atoms with Crippen LogP contribution in [0.5, 0.6) is 0 Å². The van der Waals surface area contributed by atoms with Gasteiger partial charge in [0.2, 0.25) is 18.2 Å². The molecule has 1 aliphatic rings. The number of anilines is 3. The molecule has 0 aliphatic carbocycles. The van der Waals surface area contributed by atoms with Crippen LogP contribution < -0.4 is 10.2 Å². The highest BCUT2D eigenvalue weighted by Crippen LogP contribution is 2.32. The Kier molecular flexibility index (Phi) is 5.71. The predicted molar refractivity (Wildman–Crippen MR) is 132 cm³/mol. The molecule has 1 N–H and O–H groups in total. The lowest BCUT2D eigenvalue weighted by molar-refractivity contribution is 0.361. The Bertz CT molecular complexity index is 1280. The fraction of sp³-hybridized carbons (Fsp3) is 0.480. The van der Waals surface area contributed by atoms with Gasteiger partial charge in [0.05, 0.1) is 6.33 Å². The number of nitrogens with zero attached hydrogens (tertiary/aromatic N) is 7. The number of hydrogen-bond acceptors (Lipinski definition) is 8. The van der Waals surface area contributed by atoms with Crippen LogP contribution in [-0.4, -0.2) is 42.8 Å². The third kappa shape index (κ3) is 4.47. The summed E-state index contributed by atoms with van der Waals surface area (Å²) in [4.78, 5) is 16.6. The van der Waals surface area contributed by atoms with E-state index in [1.165, 1.54) is 17.5 Å². The summed E-state index contributed by atoms with van der Waals surface area (Å²) in [5, 5.41) is 11.4. The average molecular weight is 461 g/mol. The maximum absolute atomic E-state index is 5.33. The van der Waals surface area contributed by atoms with Gasteiger partial charge in [-0.15, -0.1) is 10.2 Å². The van der Waals surface area contributed by atoms with E-state index in [2.05, 4.69) is 71.3 Å². The fourth-order valence-electron chi connectivity index (χ4n) is 4.49. The van der Waals surface area contributed by atoms with E-state index >= 15 is 0 Å². The van der Waals surface area contributed by atoms with Gasteiger partial charge in [-0.1, -0.05) is 32.9 Å². The van der Waals surface area contributed by atoms with Crippen molar-refractivity contribution in [3.8, 4) is 0 Å². The van der Waals surface area contributed by atoms with Crippen molar-refractivity contribution < 1.29 is 4.42 Å². The van der Waals surface area contributed by atoms with E-state index in [4.69, 9.17) is 14.4 Å². The van der Waals surface area contributed by atoms with Crippen LogP contribution in [-0.2, 0) is 18.9 Å². The number of aryl methyl sites for hydroxylation is 2. The molecular formula is C25H32N8O. The first-order valence-corrected chi connectivity index (χ1v) is 11.8. The molecule has 4 aromatic rings. The van der Waals surface area contributed by atoms with Crippen LogP contribution in [0.15, 0.2) is 35.3 Å². The van der Waals surface area contributed by atoms with Crippen LogP contribution in [0.3, 0.4) is 0 Å². The number of piperidine rings is 1. The van der Waals surface area contributed by atoms with Gasteiger partial charge in [-0.25, -0.2) is 4.98 Å². The Hall–Kier alpha value is -3.49. The topological polar surface area (TPSA) is 97.8 Å². The molecule has 5 rings (SSSR count). The smallest absolute Gasteiger partial charge is 0.229 e. The molecule has 0 unspecified atom stereocenters.